The summed E-state index contributed by atoms with van der Waals surface area (Å²) in [5.74, 6) is 0.459. The van der Waals surface area contributed by atoms with Crippen molar-refractivity contribution >= 4 is 35.6 Å². The first-order valence-corrected chi connectivity index (χ1v) is 9.48. The first-order valence-electron chi connectivity index (χ1n) is 9.48. The maximum Gasteiger partial charge on any atom is 0.191 e. The highest BCUT2D eigenvalue weighted by molar-refractivity contribution is 14.0. The zero-order valence-corrected chi connectivity index (χ0v) is 18.0. The number of ether oxygens (including phenoxy) is 1. The third-order valence-corrected chi connectivity index (χ3v) is 4.68. The number of nitrogens with one attached hydrogen (secondary N) is 2. The van der Waals surface area contributed by atoms with Gasteiger partial charge in [-0.05, 0) is 44.2 Å². The number of nitrogens with zero attached hydrogens (tertiary/aromatic N) is 2. The van der Waals surface area contributed by atoms with Gasteiger partial charge < -0.3 is 20.3 Å². The Kier molecular flexibility index (Phi) is 9.01. The minimum atomic E-state index is -0.550. The van der Waals surface area contributed by atoms with Crippen molar-refractivity contribution in [2.45, 2.75) is 32.2 Å². The molecule has 1 saturated heterocycles. The van der Waals surface area contributed by atoms with E-state index < -0.39 is 11.6 Å². The molecule has 1 saturated carbocycles. The molecule has 1 unspecified atom stereocenters. The molecule has 1 aromatic carbocycles. The van der Waals surface area contributed by atoms with E-state index in [1.165, 1.54) is 25.0 Å². The van der Waals surface area contributed by atoms with E-state index >= 15 is 0 Å². The van der Waals surface area contributed by atoms with Gasteiger partial charge in [0.2, 0.25) is 0 Å². The van der Waals surface area contributed by atoms with Gasteiger partial charge in [-0.3, -0.25) is 4.99 Å². The molecular weight excluding hydrogens is 465 g/mol. The summed E-state index contributed by atoms with van der Waals surface area (Å²) in [6, 6.07) is 3.91. The lowest BCUT2D eigenvalue weighted by Gasteiger charge is -2.21. The van der Waals surface area contributed by atoms with Crippen LogP contribution in [0, 0.1) is 17.6 Å². The van der Waals surface area contributed by atoms with Crippen molar-refractivity contribution in [1.82, 2.24) is 10.6 Å². The summed E-state index contributed by atoms with van der Waals surface area (Å²) >= 11 is 0. The van der Waals surface area contributed by atoms with Crippen LogP contribution in [-0.4, -0.2) is 51.4 Å². The quantitative estimate of drug-likeness (QED) is 0.253. The molecule has 1 heterocycles. The van der Waals surface area contributed by atoms with E-state index in [9.17, 15) is 8.78 Å². The van der Waals surface area contributed by atoms with Crippen molar-refractivity contribution in [2.24, 2.45) is 10.9 Å². The minimum Gasteiger partial charge on any atom is -0.379 e. The van der Waals surface area contributed by atoms with Gasteiger partial charge in [0.15, 0.2) is 5.96 Å². The van der Waals surface area contributed by atoms with Crippen LogP contribution in [0.3, 0.4) is 0 Å². The molecule has 0 radical (unpaired) electrons. The number of anilines is 1. The number of guanidine groups is 1. The Hall–Kier alpha value is -1.16. The van der Waals surface area contributed by atoms with Crippen molar-refractivity contribution in [3.8, 4) is 0 Å². The monoisotopic (exact) mass is 494 g/mol. The number of rotatable bonds is 8. The summed E-state index contributed by atoms with van der Waals surface area (Å²) < 4.78 is 32.7. The van der Waals surface area contributed by atoms with Crippen molar-refractivity contribution in [2.75, 3.05) is 44.3 Å². The predicted octanol–water partition coefficient (Wildman–Crippen LogP) is 3.14. The van der Waals surface area contributed by atoms with Crippen LogP contribution >= 0.6 is 24.0 Å². The highest BCUT2D eigenvalue weighted by atomic mass is 127. The Morgan fingerprint density at radius 2 is 2.11 bits per heavy atom. The lowest BCUT2D eigenvalue weighted by Crippen LogP contribution is -2.44. The Balaban J connectivity index is 0.00000261. The zero-order valence-electron chi connectivity index (χ0n) is 15.7. The summed E-state index contributed by atoms with van der Waals surface area (Å²) in [7, 11) is 0. The number of aliphatic imine (C=N–C) groups is 1. The number of benzene rings is 1. The van der Waals surface area contributed by atoms with E-state index in [1.807, 2.05) is 11.8 Å². The molecule has 8 heteroatoms. The highest BCUT2D eigenvalue weighted by Crippen LogP contribution is 2.28. The van der Waals surface area contributed by atoms with E-state index in [0.29, 0.717) is 25.4 Å². The van der Waals surface area contributed by atoms with E-state index in [2.05, 4.69) is 15.6 Å². The molecule has 2 aliphatic rings. The largest absolute Gasteiger partial charge is 0.379 e. The molecule has 5 nitrogen and oxygen atoms in total. The van der Waals surface area contributed by atoms with Gasteiger partial charge in [0.25, 0.3) is 0 Å². The summed E-state index contributed by atoms with van der Waals surface area (Å²) in [4.78, 5) is 6.49. The summed E-state index contributed by atoms with van der Waals surface area (Å²) in [6.45, 7) is 6.28. The summed E-state index contributed by atoms with van der Waals surface area (Å²) in [5.41, 5.74) is 0.450. The van der Waals surface area contributed by atoms with E-state index in [0.717, 1.165) is 44.1 Å². The minimum absolute atomic E-state index is 0. The molecule has 1 aliphatic heterocycles. The van der Waals surface area contributed by atoms with E-state index in [4.69, 9.17) is 4.74 Å². The predicted molar refractivity (Wildman–Crippen MR) is 115 cm³/mol. The van der Waals surface area contributed by atoms with Crippen LogP contribution in [0.1, 0.15) is 26.2 Å². The van der Waals surface area contributed by atoms with Crippen molar-refractivity contribution < 1.29 is 13.5 Å². The topological polar surface area (TPSA) is 48.9 Å². The molecule has 0 amide bonds. The van der Waals surface area contributed by atoms with Crippen molar-refractivity contribution in [1.29, 1.82) is 0 Å². The van der Waals surface area contributed by atoms with Gasteiger partial charge in [0.1, 0.15) is 11.6 Å². The SMILES string of the molecule is CCNC(=NCCOCC1CC1)NC1CCN(c2ccc(F)cc2F)C1.I. The second-order valence-corrected chi connectivity index (χ2v) is 6.95. The van der Waals surface area contributed by atoms with Crippen LogP contribution in [0.2, 0.25) is 0 Å². The zero-order chi connectivity index (χ0) is 18.4. The third kappa shape index (κ3) is 7.06. The molecule has 2 N–H and O–H groups in total. The van der Waals surface area contributed by atoms with Crippen LogP contribution in [-0.2, 0) is 4.74 Å². The van der Waals surface area contributed by atoms with Crippen LogP contribution in [0.25, 0.3) is 0 Å². The van der Waals surface area contributed by atoms with Crippen molar-refractivity contribution in [3.05, 3.63) is 29.8 Å². The van der Waals surface area contributed by atoms with Gasteiger partial charge in [-0.15, -0.1) is 24.0 Å². The van der Waals surface area contributed by atoms with Crippen LogP contribution in [0.4, 0.5) is 14.5 Å². The fourth-order valence-electron chi connectivity index (χ4n) is 3.10. The molecule has 1 aliphatic carbocycles. The smallest absolute Gasteiger partial charge is 0.191 e. The number of hydrogen-bond donors (Lipinski definition) is 2. The first-order chi connectivity index (χ1) is 12.7. The molecule has 0 aromatic heterocycles. The molecule has 0 spiro atoms. The van der Waals surface area contributed by atoms with Gasteiger partial charge in [-0.25, -0.2) is 8.78 Å². The second kappa shape index (κ2) is 11.0. The lowest BCUT2D eigenvalue weighted by atomic mass is 10.2. The van der Waals surface area contributed by atoms with E-state index in [-0.39, 0.29) is 30.0 Å². The molecule has 27 heavy (non-hydrogen) atoms. The fourth-order valence-corrected chi connectivity index (χ4v) is 3.10. The molecule has 1 atom stereocenters. The van der Waals surface area contributed by atoms with Crippen LogP contribution in [0.5, 0.6) is 0 Å². The average molecular weight is 494 g/mol. The maximum atomic E-state index is 14.0. The molecular formula is C19H29F2IN4O. The molecule has 0 bridgehead atoms. The summed E-state index contributed by atoms with van der Waals surface area (Å²) in [6.07, 6.45) is 3.46. The van der Waals surface area contributed by atoms with Gasteiger partial charge in [0, 0.05) is 38.3 Å². The second-order valence-electron chi connectivity index (χ2n) is 6.95. The lowest BCUT2D eigenvalue weighted by molar-refractivity contribution is 0.131. The summed E-state index contributed by atoms with van der Waals surface area (Å²) in [5, 5.41) is 6.64. The fraction of sp³-hybridized carbons (Fsp3) is 0.632. The molecule has 2 fully saturated rings. The highest BCUT2D eigenvalue weighted by Gasteiger charge is 2.25. The molecule has 1 aromatic rings. The maximum absolute atomic E-state index is 14.0. The van der Waals surface area contributed by atoms with Crippen molar-refractivity contribution in [3.63, 3.8) is 0 Å². The Morgan fingerprint density at radius 1 is 1.30 bits per heavy atom. The van der Waals surface area contributed by atoms with Gasteiger partial charge in [-0.2, -0.15) is 0 Å². The Labute approximate surface area is 177 Å². The Bertz CT molecular complexity index is 628. The normalized spacial score (nSPS) is 19.7. The first kappa shape index (κ1) is 22.1. The number of hydrogen-bond acceptors (Lipinski definition) is 3. The van der Waals surface area contributed by atoms with Gasteiger partial charge in [-0.1, -0.05) is 0 Å². The standard InChI is InChI=1S/C19H28F2N4O.HI/c1-2-22-19(23-8-10-26-13-14-3-4-14)24-16-7-9-25(12-16)18-6-5-15(20)11-17(18)21;/h5-6,11,14,16H,2-4,7-10,12-13H2,1H3,(H2,22,23,24);1H. The van der Waals surface area contributed by atoms with Gasteiger partial charge >= 0.3 is 0 Å². The Morgan fingerprint density at radius 3 is 2.81 bits per heavy atom. The molecule has 3 rings (SSSR count). The number of halogens is 3. The average Bonchev–Trinajstić information content (AvgIpc) is 3.32. The van der Waals surface area contributed by atoms with Crippen LogP contribution < -0.4 is 15.5 Å². The third-order valence-electron chi connectivity index (χ3n) is 4.68. The van der Waals surface area contributed by atoms with Gasteiger partial charge in [0.05, 0.1) is 18.8 Å². The van der Waals surface area contributed by atoms with E-state index in [1.54, 1.807) is 0 Å². The van der Waals surface area contributed by atoms with Crippen LogP contribution in [0.15, 0.2) is 23.2 Å². The molecule has 152 valence electrons.